The Morgan fingerprint density at radius 3 is 2.55 bits per heavy atom. The van der Waals surface area contributed by atoms with E-state index < -0.39 is 29.9 Å². The van der Waals surface area contributed by atoms with Crippen molar-refractivity contribution in [1.29, 1.82) is 0 Å². The van der Waals surface area contributed by atoms with Crippen molar-refractivity contribution in [1.82, 2.24) is 4.90 Å². The molecule has 0 bridgehead atoms. The van der Waals surface area contributed by atoms with Crippen molar-refractivity contribution < 1.29 is 36.9 Å². The molecular weight excluding hydrogens is 420 g/mol. The second kappa shape index (κ2) is 9.63. The third-order valence-corrected chi connectivity index (χ3v) is 4.97. The van der Waals surface area contributed by atoms with Gasteiger partial charge in [-0.05, 0) is 30.3 Å². The van der Waals surface area contributed by atoms with Crippen LogP contribution >= 0.6 is 0 Å². The SMILES string of the molecule is COC(=O)c1ccc(CN(c2cccc(C(F)(F)F)c2)C(O)N2CCOCC2)c(F)c1. The molecule has 1 aliphatic heterocycles. The van der Waals surface area contributed by atoms with Gasteiger partial charge in [-0.15, -0.1) is 0 Å². The minimum atomic E-state index is -4.57. The summed E-state index contributed by atoms with van der Waals surface area (Å²) < 4.78 is 64.1. The van der Waals surface area contributed by atoms with E-state index in [1.165, 1.54) is 36.3 Å². The molecular formula is C21H22F4N2O4. The van der Waals surface area contributed by atoms with Gasteiger partial charge in [0.05, 0.1) is 31.5 Å². The highest BCUT2D eigenvalue weighted by molar-refractivity contribution is 5.89. The molecule has 10 heteroatoms. The first-order valence-electron chi connectivity index (χ1n) is 9.51. The molecule has 0 radical (unpaired) electrons. The van der Waals surface area contributed by atoms with Gasteiger partial charge >= 0.3 is 12.1 Å². The molecule has 31 heavy (non-hydrogen) atoms. The molecule has 1 heterocycles. The number of morpholine rings is 1. The van der Waals surface area contributed by atoms with E-state index in [-0.39, 0.29) is 23.4 Å². The predicted octanol–water partition coefficient (Wildman–Crippen LogP) is 3.25. The normalized spacial score (nSPS) is 16.1. The van der Waals surface area contributed by atoms with Crippen LogP contribution in [0.3, 0.4) is 0 Å². The van der Waals surface area contributed by atoms with Gasteiger partial charge in [-0.25, -0.2) is 9.18 Å². The molecule has 1 aliphatic rings. The topological polar surface area (TPSA) is 62.2 Å². The number of halogens is 4. The maximum absolute atomic E-state index is 14.7. The zero-order chi connectivity index (χ0) is 22.6. The maximum atomic E-state index is 14.7. The number of nitrogens with zero attached hydrogens (tertiary/aromatic N) is 2. The standard InChI is InChI=1S/C21H22F4N2O4/c1-30-19(28)14-5-6-15(18(22)11-14)13-27(20(29)26-7-9-31-10-8-26)17-4-2-3-16(12-17)21(23,24)25/h2-6,11-12,20,29H,7-10,13H2,1H3. The zero-order valence-electron chi connectivity index (χ0n) is 16.7. The Morgan fingerprint density at radius 2 is 1.94 bits per heavy atom. The third kappa shape index (κ3) is 5.52. The molecule has 1 fully saturated rings. The fraction of sp³-hybridized carbons (Fsp3) is 0.381. The van der Waals surface area contributed by atoms with Crippen molar-refractivity contribution in [2.24, 2.45) is 0 Å². The van der Waals surface area contributed by atoms with Crippen molar-refractivity contribution in [3.05, 3.63) is 65.0 Å². The lowest BCUT2D eigenvalue weighted by Gasteiger charge is -2.39. The number of benzene rings is 2. The Morgan fingerprint density at radius 1 is 1.23 bits per heavy atom. The Kier molecular flexibility index (Phi) is 7.14. The number of rotatable bonds is 6. The first kappa shape index (κ1) is 23.0. The van der Waals surface area contributed by atoms with E-state index in [4.69, 9.17) is 4.74 Å². The van der Waals surface area contributed by atoms with Crippen molar-refractivity contribution >= 4 is 11.7 Å². The lowest BCUT2D eigenvalue weighted by Crippen LogP contribution is -2.52. The predicted molar refractivity (Wildman–Crippen MR) is 104 cm³/mol. The molecule has 2 aromatic carbocycles. The summed E-state index contributed by atoms with van der Waals surface area (Å²) in [4.78, 5) is 14.5. The molecule has 0 aromatic heterocycles. The summed E-state index contributed by atoms with van der Waals surface area (Å²) in [6, 6.07) is 8.17. The van der Waals surface area contributed by atoms with Crippen LogP contribution in [-0.2, 0) is 22.2 Å². The molecule has 1 N–H and O–H groups in total. The van der Waals surface area contributed by atoms with Gasteiger partial charge in [-0.3, -0.25) is 4.90 Å². The van der Waals surface area contributed by atoms with Gasteiger partial charge in [0.15, 0.2) is 6.35 Å². The van der Waals surface area contributed by atoms with Crippen molar-refractivity contribution in [2.45, 2.75) is 19.1 Å². The van der Waals surface area contributed by atoms with Gasteiger partial charge in [0, 0.05) is 30.9 Å². The Balaban J connectivity index is 1.96. The number of esters is 1. The lowest BCUT2D eigenvalue weighted by atomic mass is 10.1. The number of anilines is 1. The van der Waals surface area contributed by atoms with Crippen LogP contribution in [0, 0.1) is 5.82 Å². The van der Waals surface area contributed by atoms with Crippen LogP contribution in [0.15, 0.2) is 42.5 Å². The smallest absolute Gasteiger partial charge is 0.416 e. The fourth-order valence-corrected chi connectivity index (χ4v) is 3.28. The highest BCUT2D eigenvalue weighted by Gasteiger charge is 2.32. The van der Waals surface area contributed by atoms with E-state index in [9.17, 15) is 27.5 Å². The number of hydrogen-bond acceptors (Lipinski definition) is 6. The number of alkyl halides is 3. The number of carbonyl (C=O) groups excluding carboxylic acids is 1. The van der Waals surface area contributed by atoms with Crippen molar-refractivity contribution in [3.63, 3.8) is 0 Å². The summed E-state index contributed by atoms with van der Waals surface area (Å²) in [6.07, 6.45) is -5.88. The molecule has 0 amide bonds. The van der Waals surface area contributed by atoms with Crippen LogP contribution in [0.25, 0.3) is 0 Å². The minimum absolute atomic E-state index is 0.00287. The second-order valence-corrected chi connectivity index (χ2v) is 6.97. The molecule has 0 spiro atoms. The Hall–Kier alpha value is -2.69. The van der Waals surface area contributed by atoms with E-state index in [2.05, 4.69) is 4.74 Å². The molecule has 1 saturated heterocycles. The van der Waals surface area contributed by atoms with E-state index >= 15 is 0 Å². The quantitative estimate of drug-likeness (QED) is 0.421. The van der Waals surface area contributed by atoms with Gasteiger partial charge in [-0.1, -0.05) is 12.1 Å². The monoisotopic (exact) mass is 442 g/mol. The molecule has 2 aromatic rings. The zero-order valence-corrected chi connectivity index (χ0v) is 16.7. The van der Waals surface area contributed by atoms with E-state index in [1.54, 1.807) is 4.90 Å². The van der Waals surface area contributed by atoms with Crippen LogP contribution in [0.2, 0.25) is 0 Å². The summed E-state index contributed by atoms with van der Waals surface area (Å²) in [5.41, 5.74) is -0.712. The molecule has 0 aliphatic carbocycles. The highest BCUT2D eigenvalue weighted by Crippen LogP contribution is 2.33. The van der Waals surface area contributed by atoms with Gasteiger partial charge in [0.2, 0.25) is 0 Å². The molecule has 0 saturated carbocycles. The van der Waals surface area contributed by atoms with Crippen LogP contribution in [0.1, 0.15) is 21.5 Å². The number of methoxy groups -OCH3 is 1. The van der Waals surface area contributed by atoms with Crippen LogP contribution in [0.4, 0.5) is 23.2 Å². The van der Waals surface area contributed by atoms with E-state index in [0.29, 0.717) is 26.3 Å². The first-order chi connectivity index (χ1) is 14.7. The average molecular weight is 442 g/mol. The van der Waals surface area contributed by atoms with Crippen molar-refractivity contribution in [3.8, 4) is 0 Å². The molecule has 1 unspecified atom stereocenters. The molecule has 168 valence electrons. The van der Waals surface area contributed by atoms with Gasteiger partial charge in [-0.2, -0.15) is 13.2 Å². The minimum Gasteiger partial charge on any atom is -0.465 e. The largest absolute Gasteiger partial charge is 0.465 e. The number of ether oxygens (including phenoxy) is 2. The van der Waals surface area contributed by atoms with Crippen LogP contribution < -0.4 is 4.90 Å². The Bertz CT molecular complexity index is 916. The molecule has 6 nitrogen and oxygen atoms in total. The highest BCUT2D eigenvalue weighted by atomic mass is 19.4. The van der Waals surface area contributed by atoms with Gasteiger partial charge in [0.1, 0.15) is 5.82 Å². The lowest BCUT2D eigenvalue weighted by molar-refractivity contribution is -0.137. The number of aliphatic hydroxyl groups is 1. The van der Waals surface area contributed by atoms with Gasteiger partial charge in [0.25, 0.3) is 0 Å². The summed E-state index contributed by atoms with van der Waals surface area (Å²) in [6.45, 7) is 1.21. The summed E-state index contributed by atoms with van der Waals surface area (Å²) in [5, 5.41) is 10.9. The third-order valence-electron chi connectivity index (χ3n) is 4.97. The summed E-state index contributed by atoms with van der Waals surface area (Å²) in [5.74, 6) is -1.46. The number of hydrogen-bond donors (Lipinski definition) is 1. The summed E-state index contributed by atoms with van der Waals surface area (Å²) in [7, 11) is 1.17. The van der Waals surface area contributed by atoms with E-state index in [1.807, 2.05) is 0 Å². The Labute approximate surface area is 176 Å². The maximum Gasteiger partial charge on any atom is 0.416 e. The van der Waals surface area contributed by atoms with Crippen LogP contribution in [0.5, 0.6) is 0 Å². The average Bonchev–Trinajstić information content (AvgIpc) is 2.77. The van der Waals surface area contributed by atoms with Gasteiger partial charge < -0.3 is 19.5 Å². The number of carbonyl (C=O) groups is 1. The molecule has 1 atom stereocenters. The summed E-state index contributed by atoms with van der Waals surface area (Å²) >= 11 is 0. The fourth-order valence-electron chi connectivity index (χ4n) is 3.28. The second-order valence-electron chi connectivity index (χ2n) is 6.97. The van der Waals surface area contributed by atoms with Crippen molar-refractivity contribution in [2.75, 3.05) is 38.3 Å². The molecule has 3 rings (SSSR count). The van der Waals surface area contributed by atoms with E-state index in [0.717, 1.165) is 18.2 Å². The number of aliphatic hydroxyl groups excluding tert-OH is 1. The first-order valence-corrected chi connectivity index (χ1v) is 9.51. The van der Waals surface area contributed by atoms with Crippen LogP contribution in [-0.4, -0.2) is 55.7 Å².